The Hall–Kier alpha value is -2.62. The van der Waals surface area contributed by atoms with Gasteiger partial charge in [-0.05, 0) is 23.1 Å². The van der Waals surface area contributed by atoms with Crippen LogP contribution in [0.25, 0.3) is 11.1 Å². The average molecular weight is 348 g/mol. The lowest BCUT2D eigenvalue weighted by Gasteiger charge is -2.59. The van der Waals surface area contributed by atoms with Gasteiger partial charge in [0.2, 0.25) is 11.8 Å². The number of hydrogen-bond acceptors (Lipinski definition) is 2. The maximum absolute atomic E-state index is 12.5. The third-order valence-corrected chi connectivity index (χ3v) is 5.83. The predicted molar refractivity (Wildman–Crippen MR) is 102 cm³/mol. The summed E-state index contributed by atoms with van der Waals surface area (Å²) in [5.41, 5.74) is 3.66. The van der Waals surface area contributed by atoms with Gasteiger partial charge >= 0.3 is 0 Å². The molecule has 2 aliphatic rings. The van der Waals surface area contributed by atoms with Crippen molar-refractivity contribution in [3.8, 4) is 11.1 Å². The topological polar surface area (TPSA) is 40.6 Å². The second-order valence-electron chi connectivity index (χ2n) is 7.26. The minimum Gasteiger partial charge on any atom is -0.332 e. The number of fused-ring (bicyclic) bond motifs is 1. The van der Waals surface area contributed by atoms with Gasteiger partial charge in [-0.25, -0.2) is 0 Å². The van der Waals surface area contributed by atoms with Crippen molar-refractivity contribution in [2.24, 2.45) is 0 Å². The van der Waals surface area contributed by atoms with Gasteiger partial charge in [-0.2, -0.15) is 0 Å². The lowest BCUT2D eigenvalue weighted by atomic mass is 9.72. The molecule has 0 radical (unpaired) electrons. The Morgan fingerprint density at radius 2 is 1.69 bits per heavy atom. The molecule has 2 amide bonds. The van der Waals surface area contributed by atoms with Crippen LogP contribution < -0.4 is 0 Å². The van der Waals surface area contributed by atoms with Gasteiger partial charge in [-0.3, -0.25) is 9.59 Å². The van der Waals surface area contributed by atoms with Crippen molar-refractivity contribution in [1.29, 1.82) is 0 Å². The third-order valence-electron chi connectivity index (χ3n) is 5.83. The number of carbonyl (C=O) groups excluding carboxylic acids is 2. The molecule has 26 heavy (non-hydrogen) atoms. The quantitative estimate of drug-likeness (QED) is 0.854. The Balaban J connectivity index is 1.60. The fourth-order valence-corrected chi connectivity index (χ4v) is 4.52. The molecule has 0 spiro atoms. The summed E-state index contributed by atoms with van der Waals surface area (Å²) in [6.07, 6.45) is 0.938. The Labute approximate surface area is 154 Å². The van der Waals surface area contributed by atoms with Crippen LogP contribution >= 0.6 is 0 Å². The summed E-state index contributed by atoms with van der Waals surface area (Å²) in [5, 5.41) is 0. The molecule has 0 aliphatic carbocycles. The van der Waals surface area contributed by atoms with Crippen LogP contribution in [0.3, 0.4) is 0 Å². The van der Waals surface area contributed by atoms with Crippen molar-refractivity contribution in [3.63, 3.8) is 0 Å². The number of benzene rings is 2. The molecular formula is C22H24N2O2. The molecule has 134 valence electrons. The lowest BCUT2D eigenvalue weighted by molar-refractivity contribution is -0.163. The second kappa shape index (κ2) is 6.60. The van der Waals surface area contributed by atoms with E-state index in [-0.39, 0.29) is 30.4 Å². The number of piperazine rings is 1. The van der Waals surface area contributed by atoms with E-state index in [0.717, 1.165) is 6.42 Å². The van der Waals surface area contributed by atoms with Crippen molar-refractivity contribution < 1.29 is 9.59 Å². The Bertz CT molecular complexity index is 816. The number of hydrogen-bond donors (Lipinski definition) is 0. The highest BCUT2D eigenvalue weighted by atomic mass is 16.2. The van der Waals surface area contributed by atoms with E-state index >= 15 is 0 Å². The van der Waals surface area contributed by atoms with E-state index < -0.39 is 0 Å². The summed E-state index contributed by atoms with van der Waals surface area (Å²) in [4.78, 5) is 27.9. The zero-order valence-corrected chi connectivity index (χ0v) is 15.3. The Kier molecular flexibility index (Phi) is 4.27. The number of rotatable bonds is 3. The standard InChI is InChI=1S/C22H24N2O2/c1-3-19-22(20-13-23(15(2)25)14-21(26)24(19)20)18-11-9-17(10-12-18)16-7-5-4-6-8-16/h4-12,19-20,22H,3,13-14H2,1-2H3. The first-order valence-corrected chi connectivity index (χ1v) is 9.32. The van der Waals surface area contributed by atoms with Crippen LogP contribution in [-0.4, -0.2) is 46.8 Å². The van der Waals surface area contributed by atoms with Crippen LogP contribution in [0.5, 0.6) is 0 Å². The van der Waals surface area contributed by atoms with Crippen molar-refractivity contribution in [1.82, 2.24) is 9.80 Å². The molecule has 4 heteroatoms. The van der Waals surface area contributed by atoms with Gasteiger partial charge in [-0.15, -0.1) is 0 Å². The van der Waals surface area contributed by atoms with Crippen LogP contribution in [0.1, 0.15) is 31.7 Å². The normalized spacial score (nSPS) is 24.8. The molecule has 0 saturated carbocycles. The third kappa shape index (κ3) is 2.70. The number of amides is 2. The van der Waals surface area contributed by atoms with Crippen LogP contribution in [0.2, 0.25) is 0 Å². The minimum absolute atomic E-state index is 0.0175. The molecule has 0 aromatic heterocycles. The largest absolute Gasteiger partial charge is 0.332 e. The molecule has 2 fully saturated rings. The van der Waals surface area contributed by atoms with E-state index in [1.165, 1.54) is 16.7 Å². The monoisotopic (exact) mass is 348 g/mol. The van der Waals surface area contributed by atoms with Gasteiger partial charge in [0, 0.05) is 25.4 Å². The molecule has 2 heterocycles. The Morgan fingerprint density at radius 3 is 2.31 bits per heavy atom. The van der Waals surface area contributed by atoms with Crippen molar-refractivity contribution in [2.45, 2.75) is 38.3 Å². The predicted octanol–water partition coefficient (Wildman–Crippen LogP) is 3.29. The fraction of sp³-hybridized carbons (Fsp3) is 0.364. The molecule has 2 saturated heterocycles. The minimum atomic E-state index is -0.0175. The molecule has 2 aliphatic heterocycles. The SMILES string of the molecule is CCC1C(c2ccc(-c3ccccc3)cc2)C2CN(C(C)=O)CC(=O)N12. The van der Waals surface area contributed by atoms with Crippen molar-refractivity contribution in [3.05, 3.63) is 60.2 Å². The number of carbonyl (C=O) groups is 2. The molecule has 4 rings (SSSR count). The zero-order valence-electron chi connectivity index (χ0n) is 15.3. The van der Waals surface area contributed by atoms with Crippen molar-refractivity contribution in [2.75, 3.05) is 13.1 Å². The molecule has 3 unspecified atom stereocenters. The molecule has 2 aromatic rings. The van der Waals surface area contributed by atoms with E-state index in [1.54, 1.807) is 11.8 Å². The number of nitrogens with zero attached hydrogens (tertiary/aromatic N) is 2. The summed E-state index contributed by atoms with van der Waals surface area (Å²) >= 11 is 0. The maximum Gasteiger partial charge on any atom is 0.242 e. The molecule has 0 bridgehead atoms. The average Bonchev–Trinajstić information content (AvgIpc) is 2.64. The van der Waals surface area contributed by atoms with Gasteiger partial charge in [-0.1, -0.05) is 61.5 Å². The highest BCUT2D eigenvalue weighted by Gasteiger charge is 2.53. The van der Waals surface area contributed by atoms with Crippen LogP contribution in [-0.2, 0) is 9.59 Å². The summed E-state index contributed by atoms with van der Waals surface area (Å²) in [6.45, 7) is 4.55. The molecule has 2 aromatic carbocycles. The first kappa shape index (κ1) is 16.8. The highest BCUT2D eigenvalue weighted by molar-refractivity contribution is 5.87. The molecule has 4 nitrogen and oxygen atoms in total. The highest BCUT2D eigenvalue weighted by Crippen LogP contribution is 2.44. The van der Waals surface area contributed by atoms with E-state index in [0.29, 0.717) is 12.5 Å². The van der Waals surface area contributed by atoms with Gasteiger partial charge in [0.15, 0.2) is 0 Å². The van der Waals surface area contributed by atoms with Gasteiger partial charge in [0.1, 0.15) is 0 Å². The van der Waals surface area contributed by atoms with Crippen LogP contribution in [0.15, 0.2) is 54.6 Å². The van der Waals surface area contributed by atoms with Crippen LogP contribution in [0, 0.1) is 0 Å². The van der Waals surface area contributed by atoms with Gasteiger partial charge < -0.3 is 9.80 Å². The molecule has 3 atom stereocenters. The first-order valence-electron chi connectivity index (χ1n) is 9.32. The smallest absolute Gasteiger partial charge is 0.242 e. The summed E-state index contributed by atoms with van der Waals surface area (Å²) < 4.78 is 0. The summed E-state index contributed by atoms with van der Waals surface area (Å²) in [6, 6.07) is 19.4. The van der Waals surface area contributed by atoms with Crippen molar-refractivity contribution >= 4 is 11.8 Å². The van der Waals surface area contributed by atoms with Gasteiger partial charge in [0.25, 0.3) is 0 Å². The molecule has 0 N–H and O–H groups in total. The Morgan fingerprint density at radius 1 is 1.04 bits per heavy atom. The van der Waals surface area contributed by atoms with E-state index in [9.17, 15) is 9.59 Å². The van der Waals surface area contributed by atoms with Gasteiger partial charge in [0.05, 0.1) is 12.6 Å². The maximum atomic E-state index is 12.5. The first-order chi connectivity index (χ1) is 12.6. The summed E-state index contributed by atoms with van der Waals surface area (Å²) in [5.74, 6) is 0.368. The lowest BCUT2D eigenvalue weighted by Crippen LogP contribution is -2.72. The molecular weight excluding hydrogens is 324 g/mol. The second-order valence-corrected chi connectivity index (χ2v) is 7.26. The van der Waals surface area contributed by atoms with E-state index in [2.05, 4.69) is 43.3 Å². The van der Waals surface area contributed by atoms with E-state index in [4.69, 9.17) is 0 Å². The van der Waals surface area contributed by atoms with Crippen LogP contribution in [0.4, 0.5) is 0 Å². The fourth-order valence-electron chi connectivity index (χ4n) is 4.52. The summed E-state index contributed by atoms with van der Waals surface area (Å²) in [7, 11) is 0. The van der Waals surface area contributed by atoms with E-state index in [1.807, 2.05) is 23.1 Å². The zero-order chi connectivity index (χ0) is 18.3.